The van der Waals surface area contributed by atoms with E-state index in [1.807, 2.05) is 0 Å². The monoisotopic (exact) mass is 142 g/mol. The van der Waals surface area contributed by atoms with Gasteiger partial charge in [-0.3, -0.25) is 4.99 Å². The highest BCUT2D eigenvalue weighted by Crippen LogP contribution is 1.93. The molecule has 10 heavy (non-hydrogen) atoms. The lowest BCUT2D eigenvalue weighted by Gasteiger charge is -2.00. The fraction of sp³-hybridized carbons (Fsp3) is 0.875. The summed E-state index contributed by atoms with van der Waals surface area (Å²) in [5.41, 5.74) is 5.58. The Kier molecular flexibility index (Phi) is 4.99. The van der Waals surface area contributed by atoms with Crippen molar-refractivity contribution in [1.29, 1.82) is 0 Å². The van der Waals surface area contributed by atoms with E-state index < -0.39 is 0 Å². The van der Waals surface area contributed by atoms with Gasteiger partial charge in [0.2, 0.25) is 0 Å². The van der Waals surface area contributed by atoms with Crippen LogP contribution in [0.5, 0.6) is 0 Å². The van der Waals surface area contributed by atoms with E-state index in [2.05, 4.69) is 25.8 Å². The van der Waals surface area contributed by atoms with E-state index >= 15 is 0 Å². The second-order valence-corrected chi connectivity index (χ2v) is 2.98. The summed E-state index contributed by atoms with van der Waals surface area (Å²) in [6, 6.07) is 0. The highest BCUT2D eigenvalue weighted by atomic mass is 14.8. The zero-order chi connectivity index (χ0) is 7.98. The number of amidine groups is 1. The molecule has 0 aliphatic rings. The molecule has 0 unspecified atom stereocenters. The molecule has 0 fully saturated rings. The molecular weight excluding hydrogens is 124 g/mol. The van der Waals surface area contributed by atoms with Gasteiger partial charge < -0.3 is 5.73 Å². The Hall–Kier alpha value is -0.530. The third-order valence-corrected chi connectivity index (χ3v) is 1.17. The molecule has 2 N–H and O–H groups in total. The second-order valence-electron chi connectivity index (χ2n) is 2.98. The summed E-state index contributed by atoms with van der Waals surface area (Å²) in [6.45, 7) is 7.26. The van der Waals surface area contributed by atoms with E-state index in [1.165, 1.54) is 0 Å². The SMILES string of the molecule is CCCC(N)=NCC(C)C. The van der Waals surface area contributed by atoms with E-state index in [0.717, 1.165) is 25.2 Å². The Labute approximate surface area is 63.5 Å². The van der Waals surface area contributed by atoms with Gasteiger partial charge in [0.15, 0.2) is 0 Å². The van der Waals surface area contributed by atoms with Crippen LogP contribution in [-0.2, 0) is 0 Å². The molecule has 0 heterocycles. The zero-order valence-corrected chi connectivity index (χ0v) is 7.22. The van der Waals surface area contributed by atoms with Crippen LogP contribution in [0.3, 0.4) is 0 Å². The minimum Gasteiger partial charge on any atom is -0.387 e. The van der Waals surface area contributed by atoms with Gasteiger partial charge >= 0.3 is 0 Å². The number of nitrogens with two attached hydrogens (primary N) is 1. The number of hydrogen-bond acceptors (Lipinski definition) is 1. The van der Waals surface area contributed by atoms with E-state index in [9.17, 15) is 0 Å². The van der Waals surface area contributed by atoms with Crippen LogP contribution in [0.15, 0.2) is 4.99 Å². The standard InChI is InChI=1S/C8H18N2/c1-4-5-8(9)10-6-7(2)3/h7H,4-6H2,1-3H3,(H2,9,10). The van der Waals surface area contributed by atoms with Gasteiger partial charge in [-0.1, -0.05) is 20.8 Å². The highest BCUT2D eigenvalue weighted by Gasteiger charge is 1.91. The fourth-order valence-corrected chi connectivity index (χ4v) is 0.635. The van der Waals surface area contributed by atoms with Crippen LogP contribution in [0.2, 0.25) is 0 Å². The first-order chi connectivity index (χ1) is 4.66. The Bertz CT molecular complexity index is 106. The molecule has 0 aliphatic heterocycles. The first-order valence-corrected chi connectivity index (χ1v) is 3.95. The highest BCUT2D eigenvalue weighted by molar-refractivity contribution is 5.80. The van der Waals surface area contributed by atoms with Gasteiger partial charge in [-0.2, -0.15) is 0 Å². The maximum Gasteiger partial charge on any atom is 0.0937 e. The molecule has 0 rings (SSSR count). The van der Waals surface area contributed by atoms with Gasteiger partial charge in [0.1, 0.15) is 0 Å². The van der Waals surface area contributed by atoms with Crippen molar-refractivity contribution in [3.05, 3.63) is 0 Å². The Morgan fingerprint density at radius 1 is 1.50 bits per heavy atom. The Morgan fingerprint density at radius 3 is 2.50 bits per heavy atom. The smallest absolute Gasteiger partial charge is 0.0937 e. The Balaban J connectivity index is 3.47. The van der Waals surface area contributed by atoms with Crippen molar-refractivity contribution in [3.8, 4) is 0 Å². The molecule has 0 aromatic heterocycles. The summed E-state index contributed by atoms with van der Waals surface area (Å²) >= 11 is 0. The lowest BCUT2D eigenvalue weighted by Crippen LogP contribution is -2.12. The van der Waals surface area contributed by atoms with Crippen molar-refractivity contribution in [1.82, 2.24) is 0 Å². The fourth-order valence-electron chi connectivity index (χ4n) is 0.635. The quantitative estimate of drug-likeness (QED) is 0.471. The predicted octanol–water partition coefficient (Wildman–Crippen LogP) is 1.80. The molecule has 0 aliphatic carbocycles. The first-order valence-electron chi connectivity index (χ1n) is 3.95. The predicted molar refractivity (Wildman–Crippen MR) is 46.2 cm³/mol. The zero-order valence-electron chi connectivity index (χ0n) is 7.22. The summed E-state index contributed by atoms with van der Waals surface area (Å²) in [6.07, 6.45) is 2.03. The van der Waals surface area contributed by atoms with Crippen molar-refractivity contribution in [2.75, 3.05) is 6.54 Å². The summed E-state index contributed by atoms with van der Waals surface area (Å²) in [4.78, 5) is 4.21. The maximum absolute atomic E-state index is 5.58. The molecule has 0 saturated heterocycles. The maximum atomic E-state index is 5.58. The normalized spacial score (nSPS) is 12.6. The average Bonchev–Trinajstić information content (AvgIpc) is 1.85. The van der Waals surface area contributed by atoms with Gasteiger partial charge in [-0.05, 0) is 12.3 Å². The van der Waals surface area contributed by atoms with E-state index in [1.54, 1.807) is 0 Å². The summed E-state index contributed by atoms with van der Waals surface area (Å²) in [7, 11) is 0. The van der Waals surface area contributed by atoms with Crippen LogP contribution in [-0.4, -0.2) is 12.4 Å². The second kappa shape index (κ2) is 5.27. The topological polar surface area (TPSA) is 38.4 Å². The molecule has 0 bridgehead atoms. The number of aliphatic imine (C=N–C) groups is 1. The van der Waals surface area contributed by atoms with Crippen LogP contribution in [0.25, 0.3) is 0 Å². The van der Waals surface area contributed by atoms with Gasteiger partial charge in [-0.25, -0.2) is 0 Å². The van der Waals surface area contributed by atoms with Crippen molar-refractivity contribution in [3.63, 3.8) is 0 Å². The molecular formula is C8H18N2. The number of nitrogens with zero attached hydrogens (tertiary/aromatic N) is 1. The molecule has 0 spiro atoms. The van der Waals surface area contributed by atoms with E-state index in [-0.39, 0.29) is 0 Å². The van der Waals surface area contributed by atoms with Crippen LogP contribution in [0, 0.1) is 5.92 Å². The molecule has 0 aromatic carbocycles. The molecule has 0 radical (unpaired) electrons. The first kappa shape index (κ1) is 9.47. The third-order valence-electron chi connectivity index (χ3n) is 1.17. The minimum atomic E-state index is 0.621. The van der Waals surface area contributed by atoms with Crippen LogP contribution in [0.4, 0.5) is 0 Å². The largest absolute Gasteiger partial charge is 0.387 e. The Morgan fingerprint density at radius 2 is 2.10 bits per heavy atom. The van der Waals surface area contributed by atoms with Crippen molar-refractivity contribution < 1.29 is 0 Å². The van der Waals surface area contributed by atoms with Gasteiger partial charge in [0, 0.05) is 13.0 Å². The van der Waals surface area contributed by atoms with Crippen LogP contribution in [0.1, 0.15) is 33.6 Å². The molecule has 0 amide bonds. The van der Waals surface area contributed by atoms with Crippen LogP contribution < -0.4 is 5.73 Å². The number of rotatable bonds is 4. The lowest BCUT2D eigenvalue weighted by atomic mass is 10.2. The summed E-state index contributed by atoms with van der Waals surface area (Å²) in [5.74, 6) is 1.42. The van der Waals surface area contributed by atoms with E-state index in [0.29, 0.717) is 5.92 Å². The van der Waals surface area contributed by atoms with Crippen molar-refractivity contribution in [2.24, 2.45) is 16.6 Å². The third kappa shape index (κ3) is 5.60. The van der Waals surface area contributed by atoms with Gasteiger partial charge in [0.25, 0.3) is 0 Å². The average molecular weight is 142 g/mol. The minimum absolute atomic E-state index is 0.621. The van der Waals surface area contributed by atoms with Gasteiger partial charge in [0.05, 0.1) is 5.84 Å². The van der Waals surface area contributed by atoms with Crippen molar-refractivity contribution >= 4 is 5.84 Å². The molecule has 0 atom stereocenters. The lowest BCUT2D eigenvalue weighted by molar-refractivity contribution is 0.663. The number of hydrogen-bond donors (Lipinski definition) is 1. The summed E-state index contributed by atoms with van der Waals surface area (Å²) < 4.78 is 0. The molecule has 0 aromatic rings. The molecule has 0 saturated carbocycles. The molecule has 2 nitrogen and oxygen atoms in total. The van der Waals surface area contributed by atoms with Gasteiger partial charge in [-0.15, -0.1) is 0 Å². The summed E-state index contributed by atoms with van der Waals surface area (Å²) in [5, 5.41) is 0. The molecule has 60 valence electrons. The van der Waals surface area contributed by atoms with Crippen molar-refractivity contribution in [2.45, 2.75) is 33.6 Å². The molecule has 2 heteroatoms. The van der Waals surface area contributed by atoms with E-state index in [4.69, 9.17) is 5.73 Å². The van der Waals surface area contributed by atoms with Crippen LogP contribution >= 0.6 is 0 Å².